The van der Waals surface area contributed by atoms with E-state index in [-0.39, 0.29) is 23.9 Å². The lowest BCUT2D eigenvalue weighted by Crippen LogP contribution is -2.46. The molecule has 1 atom stereocenters. The molecule has 0 bridgehead atoms. The smallest absolute Gasteiger partial charge is 0.356 e. The highest BCUT2D eigenvalue weighted by atomic mass is 32.2. The van der Waals surface area contributed by atoms with E-state index in [0.29, 0.717) is 44.7 Å². The molecule has 0 aliphatic carbocycles. The van der Waals surface area contributed by atoms with E-state index in [4.69, 9.17) is 0 Å². The first kappa shape index (κ1) is 25.3. The molecule has 2 aliphatic heterocycles. The Morgan fingerprint density at radius 1 is 1.03 bits per heavy atom. The quantitative estimate of drug-likeness (QED) is 0.564. The standard InChI is InChI=1S/C23H24F5N3O3S/c1-35(33,34)17-11-19(24)18(20(25)12-17)10-14-4-9-31(22(14)32)16-5-7-30(8-6-16)21-3-2-15(13-29-21)23(26,27)28/h2-3,11-14,16H,4-10H2,1H3/t14-/m1/s1. The van der Waals surface area contributed by atoms with Gasteiger partial charge in [0, 0.05) is 49.6 Å². The van der Waals surface area contributed by atoms with Crippen LogP contribution >= 0.6 is 0 Å². The third-order valence-electron chi connectivity index (χ3n) is 6.65. The minimum Gasteiger partial charge on any atom is -0.356 e. The van der Waals surface area contributed by atoms with Gasteiger partial charge in [0.25, 0.3) is 0 Å². The zero-order valence-corrected chi connectivity index (χ0v) is 19.7. The van der Waals surface area contributed by atoms with Gasteiger partial charge in [-0.05, 0) is 49.9 Å². The molecule has 0 unspecified atom stereocenters. The van der Waals surface area contributed by atoms with E-state index in [1.807, 2.05) is 4.90 Å². The molecule has 0 saturated carbocycles. The molecule has 2 fully saturated rings. The molecular formula is C23H24F5N3O3S. The summed E-state index contributed by atoms with van der Waals surface area (Å²) >= 11 is 0. The highest BCUT2D eigenvalue weighted by Gasteiger charge is 2.38. The Kier molecular flexibility index (Phi) is 6.78. The number of benzene rings is 1. The number of rotatable bonds is 5. The van der Waals surface area contributed by atoms with Crippen LogP contribution in [0.5, 0.6) is 0 Å². The van der Waals surface area contributed by atoms with E-state index in [1.165, 1.54) is 6.07 Å². The lowest BCUT2D eigenvalue weighted by Gasteiger charge is -2.37. The zero-order chi connectivity index (χ0) is 25.5. The van der Waals surface area contributed by atoms with Gasteiger partial charge in [-0.1, -0.05) is 0 Å². The molecule has 3 heterocycles. The maximum Gasteiger partial charge on any atom is 0.417 e. The van der Waals surface area contributed by atoms with Gasteiger partial charge in [-0.2, -0.15) is 13.2 Å². The van der Waals surface area contributed by atoms with Crippen LogP contribution in [0.3, 0.4) is 0 Å². The fourth-order valence-electron chi connectivity index (χ4n) is 4.70. The molecular weight excluding hydrogens is 493 g/mol. The number of hydrogen-bond donors (Lipinski definition) is 0. The predicted octanol–water partition coefficient (Wildman–Crippen LogP) is 3.84. The van der Waals surface area contributed by atoms with Gasteiger partial charge in [-0.3, -0.25) is 4.79 Å². The highest BCUT2D eigenvalue weighted by molar-refractivity contribution is 7.90. The summed E-state index contributed by atoms with van der Waals surface area (Å²) in [6.07, 6.45) is -1.35. The third kappa shape index (κ3) is 5.41. The minimum atomic E-state index is -4.45. The van der Waals surface area contributed by atoms with E-state index in [9.17, 15) is 35.2 Å². The first-order chi connectivity index (χ1) is 16.3. The lowest BCUT2D eigenvalue weighted by molar-refractivity contribution is -0.137. The number of likely N-dealkylation sites (tertiary alicyclic amines) is 1. The number of nitrogens with zero attached hydrogens (tertiary/aromatic N) is 3. The van der Waals surface area contributed by atoms with E-state index in [1.54, 1.807) is 4.90 Å². The monoisotopic (exact) mass is 517 g/mol. The van der Waals surface area contributed by atoms with Crippen molar-refractivity contribution in [2.45, 2.75) is 42.8 Å². The summed E-state index contributed by atoms with van der Waals surface area (Å²) in [5.74, 6) is -2.37. The van der Waals surface area contributed by atoms with Crippen molar-refractivity contribution in [2.24, 2.45) is 5.92 Å². The largest absolute Gasteiger partial charge is 0.417 e. The summed E-state index contributed by atoms with van der Waals surface area (Å²) < 4.78 is 90.3. The summed E-state index contributed by atoms with van der Waals surface area (Å²) in [6.45, 7) is 1.46. The van der Waals surface area contributed by atoms with Crippen molar-refractivity contribution < 1.29 is 35.2 Å². The van der Waals surface area contributed by atoms with Crippen molar-refractivity contribution in [3.05, 3.63) is 53.2 Å². The molecule has 190 valence electrons. The van der Waals surface area contributed by atoms with Crippen LogP contribution in [-0.4, -0.2) is 56.1 Å². The van der Waals surface area contributed by atoms with Crippen molar-refractivity contribution in [2.75, 3.05) is 30.8 Å². The van der Waals surface area contributed by atoms with Gasteiger partial charge in [0.1, 0.15) is 17.5 Å². The average molecular weight is 518 g/mol. The van der Waals surface area contributed by atoms with Crippen molar-refractivity contribution in [3.63, 3.8) is 0 Å². The summed E-state index contributed by atoms with van der Waals surface area (Å²) in [4.78, 5) is 20.0. The second kappa shape index (κ2) is 9.36. The molecule has 1 aromatic carbocycles. The van der Waals surface area contributed by atoms with E-state index >= 15 is 0 Å². The van der Waals surface area contributed by atoms with Crippen LogP contribution < -0.4 is 4.90 Å². The van der Waals surface area contributed by atoms with Gasteiger partial charge in [0.2, 0.25) is 5.91 Å². The fraction of sp³-hybridized carbons (Fsp3) is 0.478. The number of aromatic nitrogens is 1. The molecule has 0 radical (unpaired) electrons. The topological polar surface area (TPSA) is 70.6 Å². The Morgan fingerprint density at radius 3 is 2.17 bits per heavy atom. The molecule has 0 spiro atoms. The van der Waals surface area contributed by atoms with E-state index in [0.717, 1.165) is 30.7 Å². The van der Waals surface area contributed by atoms with Gasteiger partial charge in [-0.25, -0.2) is 22.2 Å². The van der Waals surface area contributed by atoms with Crippen molar-refractivity contribution in [3.8, 4) is 0 Å². The van der Waals surface area contributed by atoms with Crippen LogP contribution in [-0.2, 0) is 27.2 Å². The Labute approximate surface area is 199 Å². The van der Waals surface area contributed by atoms with Gasteiger partial charge < -0.3 is 9.80 Å². The Balaban J connectivity index is 1.37. The van der Waals surface area contributed by atoms with Crippen molar-refractivity contribution in [1.82, 2.24) is 9.88 Å². The molecule has 2 aromatic rings. The molecule has 2 saturated heterocycles. The van der Waals surface area contributed by atoms with Gasteiger partial charge in [0.05, 0.1) is 10.5 Å². The van der Waals surface area contributed by atoms with Crippen molar-refractivity contribution >= 4 is 21.6 Å². The summed E-state index contributed by atoms with van der Waals surface area (Å²) in [5, 5.41) is 0. The van der Waals surface area contributed by atoms with Gasteiger partial charge >= 0.3 is 6.18 Å². The number of carbonyl (C=O) groups is 1. The summed E-state index contributed by atoms with van der Waals surface area (Å²) in [7, 11) is -3.77. The second-order valence-electron chi connectivity index (χ2n) is 8.98. The fourth-order valence-corrected chi connectivity index (χ4v) is 5.33. The normalized spacial score (nSPS) is 20.1. The minimum absolute atomic E-state index is 0.0829. The van der Waals surface area contributed by atoms with Crippen LogP contribution in [0.1, 0.15) is 30.4 Å². The average Bonchev–Trinajstić information content (AvgIpc) is 3.15. The van der Waals surface area contributed by atoms with Gasteiger partial charge in [0.15, 0.2) is 9.84 Å². The number of amides is 1. The number of carbonyl (C=O) groups excluding carboxylic acids is 1. The van der Waals surface area contributed by atoms with Gasteiger partial charge in [-0.15, -0.1) is 0 Å². The number of piperidine rings is 1. The molecule has 35 heavy (non-hydrogen) atoms. The molecule has 12 heteroatoms. The molecule has 2 aliphatic rings. The molecule has 1 amide bonds. The third-order valence-corrected chi connectivity index (χ3v) is 7.74. The van der Waals surface area contributed by atoms with E-state index < -0.39 is 44.0 Å². The Bertz CT molecular complexity index is 1190. The summed E-state index contributed by atoms with van der Waals surface area (Å²) in [5.41, 5.74) is -1.12. The Morgan fingerprint density at radius 2 is 1.66 bits per heavy atom. The molecule has 0 N–H and O–H groups in total. The number of pyridine rings is 1. The molecule has 1 aromatic heterocycles. The van der Waals surface area contributed by atoms with E-state index in [2.05, 4.69) is 4.98 Å². The zero-order valence-electron chi connectivity index (χ0n) is 18.9. The van der Waals surface area contributed by atoms with Crippen molar-refractivity contribution in [1.29, 1.82) is 0 Å². The van der Waals surface area contributed by atoms with Crippen LogP contribution in [0.2, 0.25) is 0 Å². The maximum atomic E-state index is 14.5. The number of hydrogen-bond acceptors (Lipinski definition) is 5. The second-order valence-corrected chi connectivity index (χ2v) is 11.0. The predicted molar refractivity (Wildman–Crippen MR) is 117 cm³/mol. The van der Waals surface area contributed by atoms with Crippen LogP contribution in [0, 0.1) is 17.6 Å². The summed E-state index contributed by atoms with van der Waals surface area (Å²) in [6, 6.07) is 3.79. The lowest BCUT2D eigenvalue weighted by atomic mass is 9.97. The SMILES string of the molecule is CS(=O)(=O)c1cc(F)c(C[C@H]2CCN(C3CCN(c4ccc(C(F)(F)F)cn4)CC3)C2=O)c(F)c1. The molecule has 6 nitrogen and oxygen atoms in total. The van der Waals surface area contributed by atoms with Crippen LogP contribution in [0.15, 0.2) is 35.4 Å². The maximum absolute atomic E-state index is 14.5. The number of halogens is 5. The molecule has 4 rings (SSSR count). The number of anilines is 1. The number of alkyl halides is 3. The van der Waals surface area contributed by atoms with Crippen LogP contribution in [0.25, 0.3) is 0 Å². The van der Waals surface area contributed by atoms with Crippen LogP contribution in [0.4, 0.5) is 27.8 Å². The Hall–Kier alpha value is -2.76. The first-order valence-electron chi connectivity index (χ1n) is 11.1. The number of sulfone groups is 1. The highest BCUT2D eigenvalue weighted by Crippen LogP contribution is 2.32. The first-order valence-corrected chi connectivity index (χ1v) is 13.0.